The molecule has 17 heavy (non-hydrogen) atoms. The highest BCUT2D eigenvalue weighted by Crippen LogP contribution is 2.30. The summed E-state index contributed by atoms with van der Waals surface area (Å²) in [4.78, 5) is 14.8. The number of anilines is 2. The van der Waals surface area contributed by atoms with E-state index in [-0.39, 0.29) is 6.54 Å². The van der Waals surface area contributed by atoms with Gasteiger partial charge in [-0.1, -0.05) is 0 Å². The number of aromatic nitrogens is 1. The number of primary amides is 1. The van der Waals surface area contributed by atoms with Crippen molar-refractivity contribution >= 4 is 17.4 Å². The summed E-state index contributed by atoms with van der Waals surface area (Å²) in [6.07, 6.45) is 2.42. The number of nitrogens with zero attached hydrogens (tertiary/aromatic N) is 1. The number of carbonyl (C=O) groups is 1. The maximum Gasteiger partial charge on any atom is 0.239 e. The molecule has 0 saturated heterocycles. The van der Waals surface area contributed by atoms with Gasteiger partial charge in [-0.25, -0.2) is 0 Å². The molecule has 1 fully saturated rings. The molecule has 6 nitrogen and oxygen atoms in total. The molecule has 1 amide bonds. The van der Waals surface area contributed by atoms with Gasteiger partial charge in [0.2, 0.25) is 11.8 Å². The van der Waals surface area contributed by atoms with Crippen molar-refractivity contribution < 1.29 is 9.53 Å². The average Bonchev–Trinajstić information content (AvgIpc) is 3.10. The summed E-state index contributed by atoms with van der Waals surface area (Å²) in [5, 5.41) is 2.79. The lowest BCUT2D eigenvalue weighted by Gasteiger charge is -2.09. The number of hydrogen-bond donors (Lipinski definition) is 3. The maximum atomic E-state index is 10.6. The van der Waals surface area contributed by atoms with Gasteiger partial charge in [0.1, 0.15) is 5.82 Å². The normalized spacial score (nSPS) is 14.4. The fraction of sp³-hybridized carbons (Fsp3) is 0.455. The van der Waals surface area contributed by atoms with Gasteiger partial charge in [-0.15, -0.1) is 0 Å². The summed E-state index contributed by atoms with van der Waals surface area (Å²) in [6, 6.07) is 3.38. The molecule has 1 saturated carbocycles. The van der Waals surface area contributed by atoms with Crippen molar-refractivity contribution in [3.8, 4) is 5.88 Å². The Morgan fingerprint density at radius 1 is 1.53 bits per heavy atom. The SMILES string of the molecule is NC(=O)CNc1ccc(N)c(OCC2CC2)n1. The van der Waals surface area contributed by atoms with Gasteiger partial charge in [-0.3, -0.25) is 4.79 Å². The molecule has 1 heterocycles. The largest absolute Gasteiger partial charge is 0.476 e. The van der Waals surface area contributed by atoms with Gasteiger partial charge in [0.05, 0.1) is 18.8 Å². The first-order valence-corrected chi connectivity index (χ1v) is 5.56. The standard InChI is InChI=1S/C11H16N4O2/c12-8-3-4-10(14-5-9(13)16)15-11(8)17-6-7-1-2-7/h3-4,7H,1-2,5-6,12H2,(H2,13,16)(H,14,15). The molecule has 0 bridgehead atoms. The second-order valence-electron chi connectivity index (χ2n) is 4.17. The van der Waals surface area contributed by atoms with Crippen molar-refractivity contribution in [3.05, 3.63) is 12.1 Å². The van der Waals surface area contributed by atoms with Crippen LogP contribution in [0.5, 0.6) is 5.88 Å². The average molecular weight is 236 g/mol. The fourth-order valence-corrected chi connectivity index (χ4v) is 1.32. The number of nitrogens with one attached hydrogen (secondary N) is 1. The molecule has 5 N–H and O–H groups in total. The number of ether oxygens (including phenoxy) is 1. The highest BCUT2D eigenvalue weighted by molar-refractivity contribution is 5.78. The van der Waals surface area contributed by atoms with Crippen molar-refractivity contribution in [2.45, 2.75) is 12.8 Å². The lowest BCUT2D eigenvalue weighted by molar-refractivity contribution is -0.116. The van der Waals surface area contributed by atoms with E-state index in [0.717, 1.165) is 0 Å². The second kappa shape index (κ2) is 4.90. The van der Waals surface area contributed by atoms with Gasteiger partial charge in [-0.05, 0) is 30.9 Å². The highest BCUT2D eigenvalue weighted by Gasteiger charge is 2.22. The molecule has 1 aliphatic carbocycles. The zero-order valence-corrected chi connectivity index (χ0v) is 9.48. The zero-order valence-electron chi connectivity index (χ0n) is 9.48. The first kappa shape index (κ1) is 11.5. The maximum absolute atomic E-state index is 10.6. The van der Waals surface area contributed by atoms with E-state index in [2.05, 4.69) is 10.3 Å². The van der Waals surface area contributed by atoms with Gasteiger partial charge in [0, 0.05) is 0 Å². The van der Waals surface area contributed by atoms with Crippen molar-refractivity contribution in [2.75, 3.05) is 24.2 Å². The van der Waals surface area contributed by atoms with Crippen LogP contribution in [0.25, 0.3) is 0 Å². The zero-order chi connectivity index (χ0) is 12.3. The van der Waals surface area contributed by atoms with Gasteiger partial charge >= 0.3 is 0 Å². The van der Waals surface area contributed by atoms with Crippen molar-refractivity contribution in [2.24, 2.45) is 11.7 Å². The van der Waals surface area contributed by atoms with Crippen molar-refractivity contribution in [1.29, 1.82) is 0 Å². The third-order valence-electron chi connectivity index (χ3n) is 2.49. The fourth-order valence-electron chi connectivity index (χ4n) is 1.32. The number of rotatable bonds is 6. The minimum absolute atomic E-state index is 0.0407. The van der Waals surface area contributed by atoms with Crippen LogP contribution in [0.15, 0.2) is 12.1 Å². The van der Waals surface area contributed by atoms with Crippen LogP contribution in [0.3, 0.4) is 0 Å². The Bertz CT molecular complexity index is 418. The summed E-state index contributed by atoms with van der Waals surface area (Å²) < 4.78 is 5.52. The van der Waals surface area contributed by atoms with E-state index in [1.807, 2.05) is 0 Å². The van der Waals surface area contributed by atoms with Gasteiger partial charge < -0.3 is 21.5 Å². The topological polar surface area (TPSA) is 103 Å². The third-order valence-corrected chi connectivity index (χ3v) is 2.49. The molecule has 0 aliphatic heterocycles. The molecule has 6 heteroatoms. The minimum Gasteiger partial charge on any atom is -0.476 e. The van der Waals surface area contributed by atoms with Gasteiger partial charge in [-0.2, -0.15) is 4.98 Å². The lowest BCUT2D eigenvalue weighted by atomic mass is 10.4. The summed E-state index contributed by atoms with van der Waals surface area (Å²) >= 11 is 0. The van der Waals surface area contributed by atoms with Crippen LogP contribution in [0, 0.1) is 5.92 Å². The van der Waals surface area contributed by atoms with E-state index >= 15 is 0 Å². The third kappa shape index (κ3) is 3.51. The summed E-state index contributed by atoms with van der Waals surface area (Å²) in [7, 11) is 0. The highest BCUT2D eigenvalue weighted by atomic mass is 16.5. The Labute approximate surface area is 99.3 Å². The molecule has 2 rings (SSSR count). The van der Waals surface area contributed by atoms with Crippen molar-refractivity contribution in [3.63, 3.8) is 0 Å². The molecule has 0 spiro atoms. The number of carbonyl (C=O) groups excluding carboxylic acids is 1. The Morgan fingerprint density at radius 2 is 2.29 bits per heavy atom. The number of pyridine rings is 1. The molecular formula is C11H16N4O2. The Kier molecular flexibility index (Phi) is 3.32. The van der Waals surface area contributed by atoms with Crippen LogP contribution in [-0.2, 0) is 4.79 Å². The van der Waals surface area contributed by atoms with E-state index in [9.17, 15) is 4.79 Å². The van der Waals surface area contributed by atoms with E-state index in [1.165, 1.54) is 12.8 Å². The smallest absolute Gasteiger partial charge is 0.239 e. The van der Waals surface area contributed by atoms with E-state index in [4.69, 9.17) is 16.2 Å². The molecular weight excluding hydrogens is 220 g/mol. The van der Waals surface area contributed by atoms with Gasteiger partial charge in [0.25, 0.3) is 0 Å². The number of nitrogens with two attached hydrogens (primary N) is 2. The first-order chi connectivity index (χ1) is 8.15. The van der Waals surface area contributed by atoms with Crippen LogP contribution in [0.1, 0.15) is 12.8 Å². The van der Waals surface area contributed by atoms with Crippen LogP contribution in [0.4, 0.5) is 11.5 Å². The number of hydrogen-bond acceptors (Lipinski definition) is 5. The van der Waals surface area contributed by atoms with Gasteiger partial charge in [0.15, 0.2) is 0 Å². The van der Waals surface area contributed by atoms with Crippen LogP contribution in [0.2, 0.25) is 0 Å². The molecule has 0 atom stereocenters. The van der Waals surface area contributed by atoms with Crippen LogP contribution >= 0.6 is 0 Å². The number of nitrogen functional groups attached to an aromatic ring is 1. The van der Waals surface area contributed by atoms with Crippen molar-refractivity contribution in [1.82, 2.24) is 4.98 Å². The summed E-state index contributed by atoms with van der Waals surface area (Å²) in [6.45, 7) is 0.690. The van der Waals surface area contributed by atoms with Crippen LogP contribution in [-0.4, -0.2) is 24.0 Å². The molecule has 0 radical (unpaired) electrons. The predicted octanol–water partition coefficient (Wildman–Crippen LogP) is 0.350. The molecule has 1 aliphatic rings. The molecule has 1 aromatic rings. The summed E-state index contributed by atoms with van der Waals surface area (Å²) in [5.41, 5.74) is 11.3. The van der Waals surface area contributed by atoms with E-state index in [0.29, 0.717) is 29.9 Å². The monoisotopic (exact) mass is 236 g/mol. The quantitative estimate of drug-likeness (QED) is 0.661. The summed E-state index contributed by atoms with van der Waals surface area (Å²) in [5.74, 6) is 1.14. The Hall–Kier alpha value is -1.98. The second-order valence-corrected chi connectivity index (χ2v) is 4.17. The molecule has 92 valence electrons. The molecule has 0 unspecified atom stereocenters. The number of amides is 1. The van der Waals surface area contributed by atoms with E-state index in [1.54, 1.807) is 12.1 Å². The minimum atomic E-state index is -0.441. The predicted molar refractivity (Wildman–Crippen MR) is 64.6 cm³/mol. The lowest BCUT2D eigenvalue weighted by Crippen LogP contribution is -2.22. The molecule has 0 aromatic carbocycles. The van der Waals surface area contributed by atoms with Crippen LogP contribution < -0.4 is 21.5 Å². The molecule has 1 aromatic heterocycles. The Balaban J connectivity index is 1.97. The van der Waals surface area contributed by atoms with E-state index < -0.39 is 5.91 Å². The first-order valence-electron chi connectivity index (χ1n) is 5.56. The Morgan fingerprint density at radius 3 is 2.94 bits per heavy atom.